The van der Waals surface area contributed by atoms with Crippen LogP contribution in [0.1, 0.15) is 70.6 Å². The number of carbonyl (C=O) groups excluding carboxylic acids is 2. The monoisotopic (exact) mass is 406 g/mol. The first-order valence-electron chi connectivity index (χ1n) is 10.3. The summed E-state index contributed by atoms with van der Waals surface area (Å²) in [4.78, 5) is 23.9. The van der Waals surface area contributed by atoms with Crippen LogP contribution in [0.3, 0.4) is 0 Å². The van der Waals surface area contributed by atoms with Crippen LogP contribution in [0.15, 0.2) is 18.2 Å². The van der Waals surface area contributed by atoms with Gasteiger partial charge in [-0.05, 0) is 30.4 Å². The van der Waals surface area contributed by atoms with E-state index >= 15 is 0 Å². The van der Waals surface area contributed by atoms with Crippen molar-refractivity contribution in [2.45, 2.75) is 84.9 Å². The molecule has 1 aromatic rings. The van der Waals surface area contributed by atoms with Gasteiger partial charge in [0.25, 0.3) is 0 Å². The molecule has 0 aliphatic carbocycles. The highest BCUT2D eigenvalue weighted by Gasteiger charge is 2.58. The van der Waals surface area contributed by atoms with Gasteiger partial charge >= 0.3 is 11.9 Å². The lowest BCUT2D eigenvalue weighted by atomic mass is 9.80. The molecule has 1 aromatic carbocycles. The summed E-state index contributed by atoms with van der Waals surface area (Å²) in [5, 5.41) is 0. The molecule has 1 unspecified atom stereocenters. The van der Waals surface area contributed by atoms with Gasteiger partial charge in [-0.3, -0.25) is 9.59 Å². The predicted molar refractivity (Wildman–Crippen MR) is 109 cm³/mol. The van der Waals surface area contributed by atoms with Gasteiger partial charge in [0.15, 0.2) is 6.10 Å². The molecule has 0 spiro atoms. The fourth-order valence-corrected chi connectivity index (χ4v) is 4.17. The van der Waals surface area contributed by atoms with Crippen LogP contribution in [0.4, 0.5) is 0 Å². The first-order chi connectivity index (χ1) is 13.6. The van der Waals surface area contributed by atoms with Crippen LogP contribution in [0, 0.1) is 12.8 Å². The fourth-order valence-electron chi connectivity index (χ4n) is 4.17. The fraction of sp³-hybridized carbons (Fsp3) is 0.652. The van der Waals surface area contributed by atoms with E-state index in [0.717, 1.165) is 11.1 Å². The van der Waals surface area contributed by atoms with Gasteiger partial charge in [-0.2, -0.15) is 0 Å². The number of rotatable bonds is 6. The Balaban J connectivity index is 2.68. The van der Waals surface area contributed by atoms with Crippen molar-refractivity contribution in [1.82, 2.24) is 0 Å². The van der Waals surface area contributed by atoms with Gasteiger partial charge in [-0.1, -0.05) is 45.9 Å². The molecule has 6 heteroatoms. The predicted octanol–water partition coefficient (Wildman–Crippen LogP) is 4.23. The lowest BCUT2D eigenvalue weighted by Crippen LogP contribution is -2.62. The minimum atomic E-state index is -1.38. The van der Waals surface area contributed by atoms with Crippen LogP contribution in [0.25, 0.3) is 0 Å². The molecule has 1 aliphatic rings. The van der Waals surface area contributed by atoms with Crippen LogP contribution in [-0.2, 0) is 34.3 Å². The van der Waals surface area contributed by atoms with Crippen molar-refractivity contribution in [3.8, 4) is 0 Å². The summed E-state index contributed by atoms with van der Waals surface area (Å²) < 4.78 is 23.8. The molecule has 29 heavy (non-hydrogen) atoms. The van der Waals surface area contributed by atoms with Crippen molar-refractivity contribution in [2.75, 3.05) is 7.11 Å². The quantitative estimate of drug-likeness (QED) is 0.659. The lowest BCUT2D eigenvalue weighted by Gasteiger charge is -2.51. The van der Waals surface area contributed by atoms with Crippen molar-refractivity contribution in [2.24, 2.45) is 5.92 Å². The Morgan fingerprint density at radius 2 is 1.79 bits per heavy atom. The molecule has 1 saturated heterocycles. The summed E-state index contributed by atoms with van der Waals surface area (Å²) in [7, 11) is 1.53. The molecular weight excluding hydrogens is 372 g/mol. The number of aryl methyl sites for hydroxylation is 1. The largest absolute Gasteiger partial charge is 0.458 e. The van der Waals surface area contributed by atoms with Crippen LogP contribution in [0.2, 0.25) is 0 Å². The summed E-state index contributed by atoms with van der Waals surface area (Å²) in [6.45, 7) is 12.9. The van der Waals surface area contributed by atoms with Gasteiger partial charge in [0.1, 0.15) is 6.10 Å². The maximum Gasteiger partial charge on any atom is 0.303 e. The average Bonchev–Trinajstić information content (AvgIpc) is 2.65. The van der Waals surface area contributed by atoms with Crippen molar-refractivity contribution in [1.29, 1.82) is 0 Å². The molecule has 162 valence electrons. The highest BCUT2D eigenvalue weighted by Crippen LogP contribution is 2.46. The smallest absolute Gasteiger partial charge is 0.303 e. The summed E-state index contributed by atoms with van der Waals surface area (Å²) in [5.74, 6) is -2.11. The van der Waals surface area contributed by atoms with Gasteiger partial charge in [0, 0.05) is 32.4 Å². The van der Waals surface area contributed by atoms with Crippen molar-refractivity contribution in [3.63, 3.8) is 0 Å². The second-order valence-corrected chi connectivity index (χ2v) is 8.13. The number of benzene rings is 1. The normalized spacial score (nSPS) is 29.6. The SMILES string of the molecule is CC[C@H]1OC(OC)(c2ccc(C(C)C)cc2C)[C@H](OC(C)=O)[C@@H](OC(C)=O)[C@@H]1C. The standard InChI is InChI=1S/C23H34O6/c1-9-20-15(5)21(27-16(6)24)22(28-17(7)25)23(26-8,29-20)19-11-10-18(13(2)3)12-14(19)4/h10-13,15,20-22H,9H2,1-8H3/t15-,20-,21+,22-,23?/m1/s1. The molecule has 1 fully saturated rings. The molecule has 1 aliphatic heterocycles. The third-order valence-electron chi connectivity index (χ3n) is 5.70. The zero-order chi connectivity index (χ0) is 21.9. The number of methoxy groups -OCH3 is 1. The summed E-state index contributed by atoms with van der Waals surface area (Å²) in [6, 6.07) is 6.08. The second kappa shape index (κ2) is 9.26. The minimum Gasteiger partial charge on any atom is -0.458 e. The summed E-state index contributed by atoms with van der Waals surface area (Å²) >= 11 is 0. The van der Waals surface area contributed by atoms with E-state index in [1.807, 2.05) is 32.9 Å². The van der Waals surface area contributed by atoms with Crippen molar-refractivity contribution >= 4 is 11.9 Å². The Bertz CT molecular complexity index is 743. The van der Waals surface area contributed by atoms with E-state index in [9.17, 15) is 9.59 Å². The Morgan fingerprint density at radius 3 is 2.24 bits per heavy atom. The molecule has 0 N–H and O–H groups in total. The minimum absolute atomic E-state index is 0.174. The topological polar surface area (TPSA) is 71.1 Å². The van der Waals surface area contributed by atoms with E-state index in [0.29, 0.717) is 12.3 Å². The summed E-state index contributed by atoms with van der Waals surface area (Å²) in [6.07, 6.45) is -1.18. The van der Waals surface area contributed by atoms with E-state index in [-0.39, 0.29) is 12.0 Å². The molecule has 2 rings (SSSR count). The number of hydrogen-bond donors (Lipinski definition) is 0. The first-order valence-corrected chi connectivity index (χ1v) is 10.3. The van der Waals surface area contributed by atoms with Crippen molar-refractivity contribution in [3.05, 3.63) is 34.9 Å². The van der Waals surface area contributed by atoms with E-state index in [2.05, 4.69) is 19.9 Å². The summed E-state index contributed by atoms with van der Waals surface area (Å²) in [5.41, 5.74) is 2.91. The highest BCUT2D eigenvalue weighted by atomic mass is 16.7. The maximum atomic E-state index is 12.0. The van der Waals surface area contributed by atoms with Gasteiger partial charge in [-0.15, -0.1) is 0 Å². The second-order valence-electron chi connectivity index (χ2n) is 8.13. The van der Waals surface area contributed by atoms with E-state index in [1.165, 1.54) is 26.5 Å². The molecule has 0 radical (unpaired) electrons. The zero-order valence-corrected chi connectivity index (χ0v) is 18.8. The third kappa shape index (κ3) is 4.64. The van der Waals surface area contributed by atoms with E-state index in [1.54, 1.807) is 0 Å². The van der Waals surface area contributed by atoms with Crippen molar-refractivity contribution < 1.29 is 28.5 Å². The van der Waals surface area contributed by atoms with Crippen LogP contribution in [-0.4, -0.2) is 37.4 Å². The molecule has 5 atom stereocenters. The molecule has 1 heterocycles. The Kier molecular flexibility index (Phi) is 7.46. The van der Waals surface area contributed by atoms with Gasteiger partial charge in [0.2, 0.25) is 5.79 Å². The third-order valence-corrected chi connectivity index (χ3v) is 5.70. The molecular formula is C23H34O6. The number of ether oxygens (including phenoxy) is 4. The van der Waals surface area contributed by atoms with Crippen LogP contribution < -0.4 is 0 Å². The maximum absolute atomic E-state index is 12.0. The molecule has 0 amide bonds. The zero-order valence-electron chi connectivity index (χ0n) is 18.8. The number of hydrogen-bond acceptors (Lipinski definition) is 6. The molecule has 0 bridgehead atoms. The first kappa shape index (κ1) is 23.4. The highest BCUT2D eigenvalue weighted by molar-refractivity contribution is 5.67. The average molecular weight is 407 g/mol. The van der Waals surface area contributed by atoms with E-state index < -0.39 is 29.9 Å². The van der Waals surface area contributed by atoms with Gasteiger partial charge < -0.3 is 18.9 Å². The molecule has 6 nitrogen and oxygen atoms in total. The van der Waals surface area contributed by atoms with Crippen LogP contribution >= 0.6 is 0 Å². The number of esters is 2. The Morgan fingerprint density at radius 1 is 1.17 bits per heavy atom. The molecule has 0 saturated carbocycles. The van der Waals surface area contributed by atoms with Crippen LogP contribution in [0.5, 0.6) is 0 Å². The van der Waals surface area contributed by atoms with Gasteiger partial charge in [-0.25, -0.2) is 0 Å². The Labute approximate surface area is 173 Å². The lowest BCUT2D eigenvalue weighted by molar-refractivity contribution is -0.356. The Hall–Kier alpha value is -1.92. The van der Waals surface area contributed by atoms with E-state index in [4.69, 9.17) is 18.9 Å². The molecule has 0 aromatic heterocycles. The van der Waals surface area contributed by atoms with Gasteiger partial charge in [0.05, 0.1) is 6.10 Å². The number of carbonyl (C=O) groups is 2.